The summed E-state index contributed by atoms with van der Waals surface area (Å²) in [4.78, 5) is 4.26. The molecule has 31 heavy (non-hydrogen) atoms. The number of sulfonamides is 1. The Morgan fingerprint density at radius 2 is 1.94 bits per heavy atom. The SMILES string of the molecule is CCC(CO)c1ccc(S(=O)(=O)Nc2ccc(Cl)cc2-n2nnc3ncccc32)cc1. The number of aromatic nitrogens is 4. The van der Waals surface area contributed by atoms with Crippen molar-refractivity contribution in [1.29, 1.82) is 0 Å². The highest BCUT2D eigenvalue weighted by molar-refractivity contribution is 7.92. The number of nitrogens with zero attached hydrogens (tertiary/aromatic N) is 4. The zero-order valence-electron chi connectivity index (χ0n) is 16.6. The second kappa shape index (κ2) is 8.62. The Morgan fingerprint density at radius 3 is 2.65 bits per heavy atom. The van der Waals surface area contributed by atoms with E-state index in [1.165, 1.54) is 16.8 Å². The Morgan fingerprint density at radius 1 is 1.16 bits per heavy atom. The first kappa shape index (κ1) is 21.2. The summed E-state index contributed by atoms with van der Waals surface area (Å²) in [6.07, 6.45) is 2.36. The molecule has 2 aromatic heterocycles. The lowest BCUT2D eigenvalue weighted by molar-refractivity contribution is 0.262. The minimum atomic E-state index is -3.88. The van der Waals surface area contributed by atoms with Gasteiger partial charge in [0.1, 0.15) is 5.52 Å². The normalized spacial score (nSPS) is 12.7. The average molecular weight is 458 g/mol. The molecule has 2 heterocycles. The third kappa shape index (κ3) is 4.25. The number of pyridine rings is 1. The molecule has 160 valence electrons. The molecular formula is C21H20ClN5O3S. The molecule has 0 fully saturated rings. The number of aliphatic hydroxyl groups is 1. The number of nitrogens with one attached hydrogen (secondary N) is 1. The number of hydrogen-bond acceptors (Lipinski definition) is 6. The van der Waals surface area contributed by atoms with Gasteiger partial charge in [-0.2, -0.15) is 0 Å². The van der Waals surface area contributed by atoms with Crippen LogP contribution in [-0.4, -0.2) is 40.1 Å². The van der Waals surface area contributed by atoms with E-state index in [2.05, 4.69) is 20.0 Å². The number of rotatable bonds is 7. The van der Waals surface area contributed by atoms with Gasteiger partial charge in [-0.3, -0.25) is 4.72 Å². The molecule has 0 saturated heterocycles. The maximum atomic E-state index is 13.0. The molecule has 10 heteroatoms. The largest absolute Gasteiger partial charge is 0.396 e. The molecule has 2 N–H and O–H groups in total. The average Bonchev–Trinajstić information content (AvgIpc) is 3.20. The predicted molar refractivity (Wildman–Crippen MR) is 119 cm³/mol. The van der Waals surface area contributed by atoms with E-state index in [0.717, 1.165) is 12.0 Å². The quantitative estimate of drug-likeness (QED) is 0.437. The van der Waals surface area contributed by atoms with E-state index in [4.69, 9.17) is 11.6 Å². The molecule has 0 radical (unpaired) electrons. The van der Waals surface area contributed by atoms with Crippen LogP contribution in [0.4, 0.5) is 5.69 Å². The van der Waals surface area contributed by atoms with Crippen LogP contribution < -0.4 is 4.72 Å². The van der Waals surface area contributed by atoms with Crippen molar-refractivity contribution in [3.05, 3.63) is 71.4 Å². The molecule has 0 aliphatic rings. The van der Waals surface area contributed by atoms with Crippen molar-refractivity contribution in [2.75, 3.05) is 11.3 Å². The highest BCUT2D eigenvalue weighted by Gasteiger charge is 2.19. The number of halogens is 1. The summed E-state index contributed by atoms with van der Waals surface area (Å²) in [6.45, 7) is 1.98. The Kier molecular flexibility index (Phi) is 5.90. The van der Waals surface area contributed by atoms with Crippen molar-refractivity contribution >= 4 is 38.5 Å². The maximum Gasteiger partial charge on any atom is 0.261 e. The first-order chi connectivity index (χ1) is 14.9. The Bertz CT molecular complexity index is 1320. The zero-order valence-corrected chi connectivity index (χ0v) is 18.2. The molecule has 0 amide bonds. The molecule has 4 rings (SSSR count). The fourth-order valence-corrected chi connectivity index (χ4v) is 4.54. The number of benzene rings is 2. The van der Waals surface area contributed by atoms with Crippen LogP contribution in [0.1, 0.15) is 24.8 Å². The van der Waals surface area contributed by atoms with E-state index < -0.39 is 10.0 Å². The molecule has 4 aromatic rings. The van der Waals surface area contributed by atoms with Gasteiger partial charge in [0.25, 0.3) is 10.0 Å². The van der Waals surface area contributed by atoms with Crippen molar-refractivity contribution in [3.8, 4) is 5.69 Å². The third-order valence-corrected chi connectivity index (χ3v) is 6.65. The number of aliphatic hydroxyl groups excluding tert-OH is 1. The Balaban J connectivity index is 1.71. The lowest BCUT2D eigenvalue weighted by atomic mass is 9.98. The van der Waals surface area contributed by atoms with E-state index in [9.17, 15) is 13.5 Å². The molecule has 0 aliphatic heterocycles. The van der Waals surface area contributed by atoms with E-state index >= 15 is 0 Å². The molecule has 8 nitrogen and oxygen atoms in total. The van der Waals surface area contributed by atoms with Crippen molar-refractivity contribution < 1.29 is 13.5 Å². The van der Waals surface area contributed by atoms with Gasteiger partial charge in [-0.05, 0) is 54.4 Å². The highest BCUT2D eigenvalue weighted by Crippen LogP contribution is 2.29. The Labute approximate surface area is 184 Å². The second-order valence-corrected chi connectivity index (χ2v) is 9.09. The van der Waals surface area contributed by atoms with E-state index in [1.807, 2.05) is 6.92 Å². The maximum absolute atomic E-state index is 13.0. The molecule has 0 bridgehead atoms. The lowest BCUT2D eigenvalue weighted by Gasteiger charge is -2.15. The van der Waals surface area contributed by atoms with Crippen LogP contribution in [0, 0.1) is 0 Å². The summed E-state index contributed by atoms with van der Waals surface area (Å²) in [6, 6.07) is 14.8. The van der Waals surface area contributed by atoms with Crippen LogP contribution in [0.5, 0.6) is 0 Å². The summed E-state index contributed by atoms with van der Waals surface area (Å²) in [7, 11) is -3.88. The summed E-state index contributed by atoms with van der Waals surface area (Å²) < 4.78 is 30.2. The third-order valence-electron chi connectivity index (χ3n) is 5.03. The summed E-state index contributed by atoms with van der Waals surface area (Å²) in [5, 5.41) is 18.0. The molecule has 0 aliphatic carbocycles. The van der Waals surface area contributed by atoms with Crippen LogP contribution in [0.25, 0.3) is 16.9 Å². The number of hydrogen-bond donors (Lipinski definition) is 2. The minimum absolute atomic E-state index is 0.00962. The van der Waals surface area contributed by atoms with Gasteiger partial charge in [0, 0.05) is 23.7 Å². The van der Waals surface area contributed by atoms with E-state index in [-0.39, 0.29) is 17.4 Å². The van der Waals surface area contributed by atoms with Gasteiger partial charge in [0.15, 0.2) is 0 Å². The van der Waals surface area contributed by atoms with E-state index in [0.29, 0.717) is 27.6 Å². The minimum Gasteiger partial charge on any atom is -0.396 e. The van der Waals surface area contributed by atoms with Crippen LogP contribution in [-0.2, 0) is 10.0 Å². The molecule has 1 atom stereocenters. The molecule has 2 aromatic carbocycles. The van der Waals surface area contributed by atoms with Crippen molar-refractivity contribution in [1.82, 2.24) is 20.0 Å². The van der Waals surface area contributed by atoms with E-state index in [1.54, 1.807) is 48.7 Å². The smallest absolute Gasteiger partial charge is 0.261 e. The van der Waals surface area contributed by atoms with Gasteiger partial charge in [-0.15, -0.1) is 5.10 Å². The second-order valence-electron chi connectivity index (χ2n) is 6.97. The van der Waals surface area contributed by atoms with Crippen LogP contribution in [0.3, 0.4) is 0 Å². The first-order valence-corrected chi connectivity index (χ1v) is 11.5. The van der Waals surface area contributed by atoms with Crippen molar-refractivity contribution in [3.63, 3.8) is 0 Å². The summed E-state index contributed by atoms with van der Waals surface area (Å²) >= 11 is 6.17. The highest BCUT2D eigenvalue weighted by atomic mass is 35.5. The van der Waals surface area contributed by atoms with Crippen LogP contribution >= 0.6 is 11.6 Å². The summed E-state index contributed by atoms with van der Waals surface area (Å²) in [5.41, 5.74) is 2.66. The fourth-order valence-electron chi connectivity index (χ4n) is 3.30. The molecule has 0 saturated carbocycles. The van der Waals surface area contributed by atoms with Gasteiger partial charge in [-0.1, -0.05) is 35.9 Å². The molecule has 1 unspecified atom stereocenters. The predicted octanol–water partition coefficient (Wildman–Crippen LogP) is 3.76. The molecule has 0 spiro atoms. The van der Waals surface area contributed by atoms with Gasteiger partial charge in [0.05, 0.1) is 16.3 Å². The monoisotopic (exact) mass is 457 g/mol. The Hall–Kier alpha value is -3.01. The van der Waals surface area contributed by atoms with Crippen LogP contribution in [0.15, 0.2) is 65.7 Å². The standard InChI is InChI=1S/C21H20ClN5O3S/c1-2-14(13-28)15-5-8-17(9-6-15)31(29,30)25-18-10-7-16(22)12-20(18)27-19-4-3-11-23-21(19)24-26-27/h3-12,14,25,28H,2,13H2,1H3. The number of anilines is 1. The fraction of sp³-hybridized carbons (Fsp3) is 0.190. The van der Waals surface area contributed by atoms with Crippen LogP contribution in [0.2, 0.25) is 5.02 Å². The van der Waals surface area contributed by atoms with Gasteiger partial charge in [0.2, 0.25) is 5.65 Å². The van der Waals surface area contributed by atoms with Crippen molar-refractivity contribution in [2.45, 2.75) is 24.2 Å². The first-order valence-electron chi connectivity index (χ1n) is 9.63. The number of fused-ring (bicyclic) bond motifs is 1. The lowest BCUT2D eigenvalue weighted by Crippen LogP contribution is -2.15. The van der Waals surface area contributed by atoms with Crippen molar-refractivity contribution in [2.24, 2.45) is 0 Å². The summed E-state index contributed by atoms with van der Waals surface area (Å²) in [5.74, 6) is -0.0261. The topological polar surface area (TPSA) is 110 Å². The van der Waals surface area contributed by atoms with Gasteiger partial charge >= 0.3 is 0 Å². The van der Waals surface area contributed by atoms with Gasteiger partial charge < -0.3 is 5.11 Å². The zero-order chi connectivity index (χ0) is 22.0. The molecular weight excluding hydrogens is 438 g/mol. The van der Waals surface area contributed by atoms with Gasteiger partial charge in [-0.25, -0.2) is 18.1 Å².